The number of hydrogen-bond donors (Lipinski definition) is 1. The van der Waals surface area contributed by atoms with Crippen molar-refractivity contribution in [2.45, 2.75) is 20.1 Å². The van der Waals surface area contributed by atoms with E-state index in [0.29, 0.717) is 36.7 Å². The third-order valence-corrected chi connectivity index (χ3v) is 5.06. The fourth-order valence-electron chi connectivity index (χ4n) is 3.54. The maximum atomic E-state index is 14.1. The number of hydrogen-bond acceptors (Lipinski definition) is 4. The Bertz CT molecular complexity index is 1180. The molecule has 0 radical (unpaired) electrons. The number of benzene rings is 1. The molecular formula is C19H15ClFN5O. The minimum atomic E-state index is -0.471. The highest BCUT2D eigenvalue weighted by Gasteiger charge is 2.25. The Labute approximate surface area is 158 Å². The van der Waals surface area contributed by atoms with Crippen molar-refractivity contribution in [3.63, 3.8) is 0 Å². The van der Waals surface area contributed by atoms with Crippen molar-refractivity contribution >= 4 is 22.6 Å². The molecule has 1 N–H and O–H groups in total. The van der Waals surface area contributed by atoms with E-state index in [1.807, 2.05) is 17.7 Å². The summed E-state index contributed by atoms with van der Waals surface area (Å²) < 4.78 is 21.7. The molecule has 0 saturated heterocycles. The smallest absolute Gasteiger partial charge is 0.155 e. The lowest BCUT2D eigenvalue weighted by Gasteiger charge is -2.16. The van der Waals surface area contributed by atoms with Gasteiger partial charge in [-0.05, 0) is 25.1 Å². The van der Waals surface area contributed by atoms with E-state index in [4.69, 9.17) is 21.4 Å². The second-order valence-corrected chi connectivity index (χ2v) is 6.93. The van der Waals surface area contributed by atoms with Gasteiger partial charge >= 0.3 is 0 Å². The SMILES string of the molecule is Cc1cc(-c2c(-c3ccc(Cl)c(F)c3)nn3c2COCC3)c2cn[nH]c2n1. The molecule has 4 heterocycles. The van der Waals surface area contributed by atoms with E-state index >= 15 is 0 Å². The number of pyridine rings is 1. The van der Waals surface area contributed by atoms with Crippen molar-refractivity contribution < 1.29 is 9.13 Å². The van der Waals surface area contributed by atoms with Crippen molar-refractivity contribution in [2.75, 3.05) is 6.61 Å². The van der Waals surface area contributed by atoms with Crippen LogP contribution in [0, 0.1) is 12.7 Å². The molecule has 0 aliphatic carbocycles. The number of nitrogens with one attached hydrogen (secondary N) is 1. The molecule has 0 atom stereocenters. The maximum Gasteiger partial charge on any atom is 0.155 e. The lowest BCUT2D eigenvalue weighted by atomic mass is 9.96. The normalized spacial score (nSPS) is 13.9. The molecule has 0 saturated carbocycles. The number of aromatic nitrogens is 5. The van der Waals surface area contributed by atoms with Crippen LogP contribution in [0.5, 0.6) is 0 Å². The van der Waals surface area contributed by atoms with E-state index in [-0.39, 0.29) is 5.02 Å². The Morgan fingerprint density at radius 3 is 3.04 bits per heavy atom. The third-order valence-electron chi connectivity index (χ3n) is 4.76. The molecule has 5 rings (SSSR count). The highest BCUT2D eigenvalue weighted by molar-refractivity contribution is 6.30. The summed E-state index contributed by atoms with van der Waals surface area (Å²) >= 11 is 5.87. The predicted octanol–water partition coefficient (Wildman–Crippen LogP) is 4.12. The molecule has 0 unspecified atom stereocenters. The van der Waals surface area contributed by atoms with Crippen molar-refractivity contribution in [2.24, 2.45) is 0 Å². The van der Waals surface area contributed by atoms with E-state index < -0.39 is 5.82 Å². The number of H-pyrrole nitrogens is 1. The van der Waals surface area contributed by atoms with Crippen molar-refractivity contribution in [3.8, 4) is 22.4 Å². The van der Waals surface area contributed by atoms with Gasteiger partial charge in [-0.2, -0.15) is 10.2 Å². The summed E-state index contributed by atoms with van der Waals surface area (Å²) in [4.78, 5) is 4.49. The standard InChI is InChI=1S/C19H15ClFN5O/c1-10-6-12(13-8-22-24-19(13)23-10)17-16-9-27-5-4-26(16)25-18(17)11-2-3-14(20)15(21)7-11/h2-3,6-8H,4-5,9H2,1H3,(H,22,23,24). The highest BCUT2D eigenvalue weighted by Crippen LogP contribution is 2.39. The fourth-order valence-corrected chi connectivity index (χ4v) is 3.66. The first-order chi connectivity index (χ1) is 13.1. The minimum absolute atomic E-state index is 0.0876. The molecule has 3 aromatic heterocycles. The van der Waals surface area contributed by atoms with Gasteiger partial charge in [0.05, 0.1) is 36.7 Å². The first kappa shape index (κ1) is 16.4. The topological polar surface area (TPSA) is 68.6 Å². The Balaban J connectivity index is 1.84. The quantitative estimate of drug-likeness (QED) is 0.565. The number of halogens is 2. The molecule has 4 aromatic rings. The maximum absolute atomic E-state index is 14.1. The Morgan fingerprint density at radius 1 is 1.30 bits per heavy atom. The Hall–Kier alpha value is -2.77. The van der Waals surface area contributed by atoms with Crippen molar-refractivity contribution in [3.05, 3.63) is 52.7 Å². The van der Waals surface area contributed by atoms with Gasteiger partial charge in [0.2, 0.25) is 0 Å². The van der Waals surface area contributed by atoms with Gasteiger partial charge in [0.25, 0.3) is 0 Å². The van der Waals surface area contributed by atoms with Crippen LogP contribution in [-0.2, 0) is 17.9 Å². The van der Waals surface area contributed by atoms with Crippen molar-refractivity contribution in [1.29, 1.82) is 0 Å². The summed E-state index contributed by atoms with van der Waals surface area (Å²) in [7, 11) is 0. The Kier molecular flexibility index (Phi) is 3.73. The molecule has 1 aromatic carbocycles. The monoisotopic (exact) mass is 383 g/mol. The number of ether oxygens (including phenoxy) is 1. The van der Waals surface area contributed by atoms with Crippen LogP contribution >= 0.6 is 11.6 Å². The molecule has 6 nitrogen and oxygen atoms in total. The number of aryl methyl sites for hydroxylation is 1. The minimum Gasteiger partial charge on any atom is -0.373 e. The molecule has 0 amide bonds. The summed E-state index contributed by atoms with van der Waals surface area (Å²) in [6.45, 7) is 3.62. The summed E-state index contributed by atoms with van der Waals surface area (Å²) in [5.74, 6) is -0.471. The van der Waals surface area contributed by atoms with Crippen LogP contribution in [0.25, 0.3) is 33.4 Å². The summed E-state index contributed by atoms with van der Waals surface area (Å²) in [6.07, 6.45) is 1.75. The summed E-state index contributed by atoms with van der Waals surface area (Å²) in [5.41, 5.74) is 5.73. The van der Waals surface area contributed by atoms with Crippen LogP contribution in [0.2, 0.25) is 5.02 Å². The summed E-state index contributed by atoms with van der Waals surface area (Å²) in [5, 5.41) is 12.8. The van der Waals surface area contributed by atoms with E-state index in [0.717, 1.165) is 27.9 Å². The van der Waals surface area contributed by atoms with Crippen LogP contribution in [0.1, 0.15) is 11.4 Å². The molecular weight excluding hydrogens is 369 g/mol. The molecule has 0 spiro atoms. The average Bonchev–Trinajstić information content (AvgIpc) is 3.27. The van der Waals surface area contributed by atoms with Gasteiger partial charge in [0.15, 0.2) is 5.65 Å². The van der Waals surface area contributed by atoms with Gasteiger partial charge < -0.3 is 4.74 Å². The molecule has 27 heavy (non-hydrogen) atoms. The molecule has 8 heteroatoms. The number of rotatable bonds is 2. The van der Waals surface area contributed by atoms with Gasteiger partial charge in [-0.25, -0.2) is 9.37 Å². The zero-order valence-corrected chi connectivity index (χ0v) is 15.2. The molecule has 0 bridgehead atoms. The lowest BCUT2D eigenvalue weighted by Crippen LogP contribution is -2.17. The second kappa shape index (κ2) is 6.14. The number of nitrogens with zero attached hydrogens (tertiary/aromatic N) is 4. The van der Waals surface area contributed by atoms with Crippen LogP contribution in [0.4, 0.5) is 4.39 Å². The van der Waals surface area contributed by atoms with Crippen LogP contribution in [-0.4, -0.2) is 31.6 Å². The molecule has 1 aliphatic rings. The van der Waals surface area contributed by atoms with Crippen LogP contribution < -0.4 is 0 Å². The first-order valence-corrected chi connectivity index (χ1v) is 8.93. The van der Waals surface area contributed by atoms with Crippen LogP contribution in [0.3, 0.4) is 0 Å². The molecule has 0 fully saturated rings. The second-order valence-electron chi connectivity index (χ2n) is 6.52. The van der Waals surface area contributed by atoms with E-state index in [2.05, 4.69) is 15.2 Å². The van der Waals surface area contributed by atoms with Gasteiger partial charge in [0, 0.05) is 27.8 Å². The highest BCUT2D eigenvalue weighted by atomic mass is 35.5. The number of fused-ring (bicyclic) bond motifs is 2. The molecule has 136 valence electrons. The van der Waals surface area contributed by atoms with Crippen molar-refractivity contribution in [1.82, 2.24) is 25.0 Å². The average molecular weight is 384 g/mol. The first-order valence-electron chi connectivity index (χ1n) is 8.56. The third kappa shape index (κ3) is 2.62. The van der Waals surface area contributed by atoms with E-state index in [9.17, 15) is 4.39 Å². The zero-order chi connectivity index (χ0) is 18.5. The van der Waals surface area contributed by atoms with E-state index in [1.54, 1.807) is 18.3 Å². The van der Waals surface area contributed by atoms with Gasteiger partial charge in [-0.1, -0.05) is 17.7 Å². The summed E-state index contributed by atoms with van der Waals surface area (Å²) in [6, 6.07) is 6.75. The number of aromatic amines is 1. The predicted molar refractivity (Wildman–Crippen MR) is 99.9 cm³/mol. The van der Waals surface area contributed by atoms with Crippen LogP contribution in [0.15, 0.2) is 30.5 Å². The van der Waals surface area contributed by atoms with E-state index in [1.165, 1.54) is 6.07 Å². The van der Waals surface area contributed by atoms with Gasteiger partial charge in [-0.3, -0.25) is 9.78 Å². The zero-order valence-electron chi connectivity index (χ0n) is 14.5. The lowest BCUT2D eigenvalue weighted by molar-refractivity contribution is 0.0805. The largest absolute Gasteiger partial charge is 0.373 e. The molecule has 1 aliphatic heterocycles. The van der Waals surface area contributed by atoms with Gasteiger partial charge in [-0.15, -0.1) is 0 Å². The Morgan fingerprint density at radius 2 is 2.19 bits per heavy atom. The fraction of sp³-hybridized carbons (Fsp3) is 0.211. The van der Waals surface area contributed by atoms with Gasteiger partial charge in [0.1, 0.15) is 11.5 Å².